The summed E-state index contributed by atoms with van der Waals surface area (Å²) in [7, 11) is 0. The molecule has 0 aliphatic heterocycles. The van der Waals surface area contributed by atoms with E-state index in [1.54, 1.807) is 11.8 Å². The van der Waals surface area contributed by atoms with E-state index in [4.69, 9.17) is 4.98 Å². The maximum Gasteiger partial charge on any atom is 0.211 e. The predicted octanol–water partition coefficient (Wildman–Crippen LogP) is 3.74. The molecule has 3 rings (SSSR count). The third kappa shape index (κ3) is 3.26. The number of benzene rings is 1. The van der Waals surface area contributed by atoms with E-state index in [1.807, 2.05) is 0 Å². The number of fused-ring (bicyclic) bond motifs is 3. The highest BCUT2D eigenvalue weighted by Crippen LogP contribution is 2.28. The number of hydrogen-bond donors (Lipinski definition) is 0. The molecule has 0 atom stereocenters. The number of hydrogen-bond acceptors (Lipinski definition) is 5. The van der Waals surface area contributed by atoms with Gasteiger partial charge >= 0.3 is 0 Å². The Balaban J connectivity index is 1.91. The van der Waals surface area contributed by atoms with E-state index in [0.717, 1.165) is 53.6 Å². The summed E-state index contributed by atoms with van der Waals surface area (Å²) in [6.45, 7) is 12.7. The third-order valence-electron chi connectivity index (χ3n) is 4.45. The third-order valence-corrected chi connectivity index (χ3v) is 5.27. The molecule has 6 heteroatoms. The fourth-order valence-electron chi connectivity index (χ4n) is 3.04. The second kappa shape index (κ2) is 7.49. The number of aryl methyl sites for hydroxylation is 2. The second-order valence-electron chi connectivity index (χ2n) is 5.91. The van der Waals surface area contributed by atoms with Crippen LogP contribution in [0.3, 0.4) is 0 Å². The topological polar surface area (TPSA) is 46.8 Å². The lowest BCUT2D eigenvalue weighted by molar-refractivity contribution is 0.324. The van der Waals surface area contributed by atoms with Crippen LogP contribution in [0.25, 0.3) is 22.1 Å². The normalized spacial score (nSPS) is 11.9. The monoisotopic (exact) mass is 343 g/mol. The molecule has 3 aromatic rings. The lowest BCUT2D eigenvalue weighted by atomic mass is 10.2. The minimum Gasteiger partial charge on any atom is -0.324 e. The Hall–Kier alpha value is -1.66. The fraction of sp³-hybridized carbons (Fsp3) is 0.500. The van der Waals surface area contributed by atoms with E-state index in [2.05, 4.69) is 65.6 Å². The number of rotatable bonds is 7. The van der Waals surface area contributed by atoms with E-state index in [0.29, 0.717) is 0 Å². The van der Waals surface area contributed by atoms with Gasteiger partial charge in [-0.05, 0) is 39.1 Å². The Kier molecular flexibility index (Phi) is 5.36. The highest BCUT2D eigenvalue weighted by molar-refractivity contribution is 7.99. The molecule has 2 heterocycles. The van der Waals surface area contributed by atoms with Crippen molar-refractivity contribution in [3.8, 4) is 0 Å². The fourth-order valence-corrected chi connectivity index (χ4v) is 3.82. The average Bonchev–Trinajstić information content (AvgIpc) is 2.91. The van der Waals surface area contributed by atoms with Crippen molar-refractivity contribution in [3.63, 3.8) is 0 Å². The molecular formula is C18H25N5S. The zero-order valence-corrected chi connectivity index (χ0v) is 15.7. The summed E-state index contributed by atoms with van der Waals surface area (Å²) in [5.74, 6) is 0.986. The van der Waals surface area contributed by atoms with Crippen LogP contribution in [-0.4, -0.2) is 50.0 Å². The van der Waals surface area contributed by atoms with Gasteiger partial charge in [-0.1, -0.05) is 37.2 Å². The molecule has 0 saturated carbocycles. The number of nitrogens with zero attached hydrogens (tertiary/aromatic N) is 5. The first-order chi connectivity index (χ1) is 11.7. The van der Waals surface area contributed by atoms with Gasteiger partial charge in [0, 0.05) is 24.2 Å². The largest absolute Gasteiger partial charge is 0.324 e. The summed E-state index contributed by atoms with van der Waals surface area (Å²) >= 11 is 1.69. The maximum atomic E-state index is 4.80. The van der Waals surface area contributed by atoms with Crippen LogP contribution in [0.4, 0.5) is 0 Å². The van der Waals surface area contributed by atoms with Crippen LogP contribution >= 0.6 is 11.8 Å². The molecule has 0 bridgehead atoms. The molecule has 0 amide bonds. The minimum absolute atomic E-state index is 0.767. The van der Waals surface area contributed by atoms with Gasteiger partial charge in [0.05, 0.1) is 5.52 Å². The summed E-state index contributed by atoms with van der Waals surface area (Å²) in [6.07, 6.45) is 0. The van der Waals surface area contributed by atoms with Gasteiger partial charge in [-0.25, -0.2) is 4.98 Å². The molecule has 1 aromatic carbocycles. The van der Waals surface area contributed by atoms with Crippen molar-refractivity contribution in [2.24, 2.45) is 0 Å². The Bertz CT molecular complexity index is 838. The molecule has 0 aliphatic rings. The Morgan fingerprint density at radius 3 is 2.62 bits per heavy atom. The molecule has 0 spiro atoms. The summed E-state index contributed by atoms with van der Waals surface area (Å²) in [5.41, 5.74) is 4.27. The van der Waals surface area contributed by atoms with Crippen LogP contribution in [0.15, 0.2) is 23.4 Å². The van der Waals surface area contributed by atoms with Crippen LogP contribution < -0.4 is 0 Å². The highest BCUT2D eigenvalue weighted by Gasteiger charge is 2.14. The van der Waals surface area contributed by atoms with Crippen LogP contribution in [0, 0.1) is 6.92 Å². The molecule has 5 nitrogen and oxygen atoms in total. The van der Waals surface area contributed by atoms with E-state index >= 15 is 0 Å². The lowest BCUT2D eigenvalue weighted by Crippen LogP contribution is -2.25. The predicted molar refractivity (Wildman–Crippen MR) is 102 cm³/mol. The van der Waals surface area contributed by atoms with Gasteiger partial charge in [0.1, 0.15) is 5.52 Å². The summed E-state index contributed by atoms with van der Waals surface area (Å²) in [5, 5.41) is 10.8. The smallest absolute Gasteiger partial charge is 0.211 e. The van der Waals surface area contributed by atoms with Gasteiger partial charge in [0.25, 0.3) is 0 Å². The molecular weight excluding hydrogens is 318 g/mol. The Morgan fingerprint density at radius 1 is 1.12 bits per heavy atom. The van der Waals surface area contributed by atoms with Crippen LogP contribution in [0.2, 0.25) is 0 Å². The SMILES string of the molecule is CCN(CC)CCSc1nnc2c3cc(C)ccc3n(CC)c2n1. The van der Waals surface area contributed by atoms with E-state index in [9.17, 15) is 0 Å². The zero-order valence-electron chi connectivity index (χ0n) is 14.9. The van der Waals surface area contributed by atoms with Crippen LogP contribution in [-0.2, 0) is 6.54 Å². The van der Waals surface area contributed by atoms with E-state index < -0.39 is 0 Å². The molecule has 128 valence electrons. The van der Waals surface area contributed by atoms with Gasteiger partial charge < -0.3 is 9.47 Å². The summed E-state index contributed by atoms with van der Waals surface area (Å²) in [4.78, 5) is 7.20. The van der Waals surface area contributed by atoms with Crippen LogP contribution in [0.5, 0.6) is 0 Å². The van der Waals surface area contributed by atoms with Gasteiger partial charge in [-0.3, -0.25) is 0 Å². The van der Waals surface area contributed by atoms with Gasteiger partial charge in [0.2, 0.25) is 5.16 Å². The van der Waals surface area contributed by atoms with Crippen molar-refractivity contribution >= 4 is 33.8 Å². The molecule has 0 radical (unpaired) electrons. The van der Waals surface area contributed by atoms with Gasteiger partial charge in [0.15, 0.2) is 5.65 Å². The van der Waals surface area contributed by atoms with Gasteiger partial charge in [-0.2, -0.15) is 0 Å². The molecule has 0 aliphatic carbocycles. The summed E-state index contributed by atoms with van der Waals surface area (Å²) < 4.78 is 2.23. The minimum atomic E-state index is 0.767. The van der Waals surface area contributed by atoms with Crippen molar-refractivity contribution in [1.29, 1.82) is 0 Å². The molecule has 2 aromatic heterocycles. The van der Waals surface area contributed by atoms with Crippen molar-refractivity contribution in [2.75, 3.05) is 25.4 Å². The molecule has 0 N–H and O–H groups in total. The van der Waals surface area contributed by atoms with Crippen molar-refractivity contribution < 1.29 is 0 Å². The van der Waals surface area contributed by atoms with Crippen molar-refractivity contribution in [3.05, 3.63) is 23.8 Å². The first-order valence-corrected chi connectivity index (χ1v) is 9.64. The summed E-state index contributed by atoms with van der Waals surface area (Å²) in [6, 6.07) is 6.47. The molecule has 0 saturated heterocycles. The zero-order chi connectivity index (χ0) is 17.1. The van der Waals surface area contributed by atoms with E-state index in [1.165, 1.54) is 11.1 Å². The molecule has 24 heavy (non-hydrogen) atoms. The molecule has 0 fully saturated rings. The first kappa shape index (κ1) is 17.2. The maximum absolute atomic E-state index is 4.80. The van der Waals surface area contributed by atoms with Gasteiger partial charge in [-0.15, -0.1) is 10.2 Å². The number of aromatic nitrogens is 4. The highest BCUT2D eigenvalue weighted by atomic mass is 32.2. The number of thioether (sulfide) groups is 1. The van der Waals surface area contributed by atoms with Crippen molar-refractivity contribution in [2.45, 2.75) is 39.4 Å². The second-order valence-corrected chi connectivity index (χ2v) is 6.97. The Morgan fingerprint density at radius 2 is 1.92 bits per heavy atom. The Labute approximate surface area is 147 Å². The van der Waals surface area contributed by atoms with Crippen LogP contribution in [0.1, 0.15) is 26.3 Å². The standard InChI is InChI=1S/C18H25N5S/c1-5-22(6-2)10-11-24-18-19-17-16(20-21-18)14-12-13(4)8-9-15(14)23(17)7-3/h8-9,12H,5-7,10-11H2,1-4H3. The van der Waals surface area contributed by atoms with Crippen molar-refractivity contribution in [1.82, 2.24) is 24.6 Å². The lowest BCUT2D eigenvalue weighted by Gasteiger charge is -2.16. The molecule has 0 unspecified atom stereocenters. The van der Waals surface area contributed by atoms with E-state index in [-0.39, 0.29) is 0 Å². The average molecular weight is 344 g/mol. The quantitative estimate of drug-likeness (QED) is 0.612. The first-order valence-electron chi connectivity index (χ1n) is 8.66.